The Kier molecular flexibility index (Phi) is 6.55. The summed E-state index contributed by atoms with van der Waals surface area (Å²) in [5.74, 6) is 0. The summed E-state index contributed by atoms with van der Waals surface area (Å²) in [4.78, 5) is 0. The first kappa shape index (κ1) is 23.9. The van der Waals surface area contributed by atoms with E-state index in [2.05, 4.69) is 92.5 Å². The maximum absolute atomic E-state index is 3.35. The minimum atomic E-state index is -3.35. The van der Waals surface area contributed by atoms with Gasteiger partial charge in [-0.3, -0.25) is 0 Å². The monoisotopic (exact) mass is 598 g/mol. The number of rotatable bonds is 2. The van der Waals surface area contributed by atoms with Crippen LogP contribution in [0.3, 0.4) is 0 Å². The van der Waals surface area contributed by atoms with Crippen molar-refractivity contribution >= 4 is 43.9 Å². The average molecular weight is 598 g/mol. The minimum absolute atomic E-state index is 0. The predicted octanol–water partition coefficient (Wildman–Crippen LogP) is 7.10. The smallest absolute Gasteiger partial charge is 0.147 e. The first-order chi connectivity index (χ1) is 12.1. The van der Waals surface area contributed by atoms with Gasteiger partial charge in [0.2, 0.25) is 0 Å². The van der Waals surface area contributed by atoms with Crippen LogP contribution in [0.15, 0.2) is 47.5 Å². The van der Waals surface area contributed by atoms with Gasteiger partial charge in [-0.05, 0) is 0 Å². The molecule has 0 N–H and O–H groups in total. The van der Waals surface area contributed by atoms with Crippen molar-refractivity contribution in [3.05, 3.63) is 80.9 Å². The van der Waals surface area contributed by atoms with Crippen molar-refractivity contribution < 1.29 is 17.1 Å². The molecule has 0 amide bonds. The van der Waals surface area contributed by atoms with Gasteiger partial charge in [0.25, 0.3) is 0 Å². The van der Waals surface area contributed by atoms with Crippen molar-refractivity contribution in [3.63, 3.8) is 0 Å². The van der Waals surface area contributed by atoms with Crippen LogP contribution in [0.4, 0.5) is 0 Å². The van der Waals surface area contributed by atoms with Crippen molar-refractivity contribution in [2.24, 2.45) is 0 Å². The van der Waals surface area contributed by atoms with Crippen molar-refractivity contribution in [2.45, 2.75) is 44.4 Å². The molecule has 2 unspecified atom stereocenters. The molecule has 0 saturated carbocycles. The Morgan fingerprint density at radius 2 is 1.04 bits per heavy atom. The third kappa shape index (κ3) is 3.39. The van der Waals surface area contributed by atoms with E-state index in [4.69, 9.17) is 0 Å². The summed E-state index contributed by atoms with van der Waals surface area (Å²) < 4.78 is 6.74. The number of aryl methyl sites for hydroxylation is 2. The molecule has 2 aromatic carbocycles. The van der Waals surface area contributed by atoms with Crippen molar-refractivity contribution in [1.82, 2.24) is 0 Å². The molecule has 2 aromatic rings. The summed E-state index contributed by atoms with van der Waals surface area (Å²) >= 11 is -3.35. The van der Waals surface area contributed by atoms with Crippen LogP contribution >= 0.6 is 24.8 Å². The summed E-state index contributed by atoms with van der Waals surface area (Å²) in [5.41, 5.74) is 12.2. The van der Waals surface area contributed by atoms with Gasteiger partial charge in [-0.2, -0.15) is 0 Å². The van der Waals surface area contributed by atoms with Crippen molar-refractivity contribution in [3.8, 4) is 0 Å². The van der Waals surface area contributed by atoms with E-state index in [-0.39, 0.29) is 24.8 Å². The van der Waals surface area contributed by atoms with Crippen molar-refractivity contribution in [2.75, 3.05) is 0 Å². The molecule has 0 aliphatic heterocycles. The fourth-order valence-electron chi connectivity index (χ4n) is 6.10. The number of hydrogen-bond acceptors (Lipinski definition) is 0. The molecule has 0 spiro atoms. The SMILES string of the molecule is CC1=Cc2c(C)cccc2[CH]1[Hf]([CH3])([CH3])(=[SiH2])[CH]1C(C)=Cc2c(C)cccc21.Cl.Cl. The van der Waals surface area contributed by atoms with E-state index in [0.717, 1.165) is 0 Å². The van der Waals surface area contributed by atoms with Gasteiger partial charge >= 0.3 is 162 Å². The molecule has 2 atom stereocenters. The van der Waals surface area contributed by atoms with E-state index in [9.17, 15) is 0 Å². The summed E-state index contributed by atoms with van der Waals surface area (Å²) in [6.45, 7) is 11.7. The van der Waals surface area contributed by atoms with Crippen molar-refractivity contribution in [1.29, 1.82) is 0 Å². The zero-order valence-corrected chi connectivity index (χ0v) is 24.4. The van der Waals surface area contributed by atoms with E-state index in [1.807, 2.05) is 0 Å². The average Bonchev–Trinajstić information content (AvgIpc) is 3.06. The molecular weight excluding hydrogens is 566 g/mol. The second-order valence-electron chi connectivity index (χ2n) is 9.74. The topological polar surface area (TPSA) is 0 Å². The Labute approximate surface area is 185 Å². The van der Waals surface area contributed by atoms with Gasteiger partial charge in [0.15, 0.2) is 0 Å². The van der Waals surface area contributed by atoms with Crippen LogP contribution in [0.1, 0.15) is 54.6 Å². The Morgan fingerprint density at radius 3 is 1.39 bits per heavy atom. The third-order valence-corrected chi connectivity index (χ3v) is 32.7. The molecule has 0 heterocycles. The molecule has 0 nitrogen and oxygen atoms in total. The number of fused-ring (bicyclic) bond motifs is 2. The van der Waals surface area contributed by atoms with Gasteiger partial charge in [0.05, 0.1) is 0 Å². The molecule has 28 heavy (non-hydrogen) atoms. The fraction of sp³-hybridized carbons (Fsp3) is 0.333. The second kappa shape index (κ2) is 7.69. The van der Waals surface area contributed by atoms with Crippen LogP contribution in [0.2, 0.25) is 9.36 Å². The van der Waals surface area contributed by atoms with E-state index in [1.165, 1.54) is 22.3 Å². The van der Waals surface area contributed by atoms with E-state index >= 15 is 0 Å². The van der Waals surface area contributed by atoms with Gasteiger partial charge in [-0.25, -0.2) is 0 Å². The first-order valence-corrected chi connectivity index (χ1v) is 29.4. The molecule has 4 rings (SSSR count). The number of allylic oxidation sites excluding steroid dienone is 2. The normalized spacial score (nSPS) is 20.4. The van der Waals surface area contributed by atoms with E-state index < -0.39 is 17.1 Å². The van der Waals surface area contributed by atoms with Crippen LogP contribution in [0.25, 0.3) is 12.2 Å². The molecule has 2 aliphatic rings. The molecule has 0 radical (unpaired) electrons. The fourth-order valence-corrected chi connectivity index (χ4v) is 36.7. The molecular formula is C24H32Cl2HfSi. The maximum Gasteiger partial charge on any atom is -0.147 e. The van der Waals surface area contributed by atoms with Crippen LogP contribution in [0, 0.1) is 13.8 Å². The molecule has 0 aromatic heterocycles. The largest absolute Gasteiger partial charge is 0.147 e. The summed E-state index contributed by atoms with van der Waals surface area (Å²) in [5, 5.41) is 0. The van der Waals surface area contributed by atoms with Gasteiger partial charge in [-0.15, -0.1) is 24.8 Å². The maximum atomic E-state index is 2.72. The summed E-state index contributed by atoms with van der Waals surface area (Å²) in [7, 11) is 0. The van der Waals surface area contributed by atoms with E-state index in [1.54, 1.807) is 22.3 Å². The third-order valence-electron chi connectivity index (χ3n) is 6.89. The first-order valence-electron chi connectivity index (χ1n) is 9.73. The minimum Gasteiger partial charge on any atom is -0.147 e. The standard InChI is InChI=1S/2C11H11.2CH3.2ClH.Hf.H2Si/c2*1-8-6-10-5-3-4-9(2)11(10)7-8;;;;;;/h2*3-7H,1-2H3;2*1H3;2*1H;;1H2. The van der Waals surface area contributed by atoms with Crippen LogP contribution in [0.5, 0.6) is 0 Å². The van der Waals surface area contributed by atoms with Gasteiger partial charge in [0, 0.05) is 0 Å². The van der Waals surface area contributed by atoms with Crippen LogP contribution in [-0.2, 0) is 17.1 Å². The molecule has 150 valence electrons. The number of hydrogen-bond donors (Lipinski definition) is 0. The van der Waals surface area contributed by atoms with Crippen LogP contribution < -0.4 is 0 Å². The quantitative estimate of drug-likeness (QED) is 0.324. The Hall–Kier alpha value is -0.413. The molecule has 0 fully saturated rings. The second-order valence-corrected chi connectivity index (χ2v) is 53.2. The summed E-state index contributed by atoms with van der Waals surface area (Å²) in [6, 6.07) is 13.9. The van der Waals surface area contributed by atoms with Gasteiger partial charge < -0.3 is 0 Å². The zero-order valence-electron chi connectivity index (χ0n) is 17.8. The van der Waals surface area contributed by atoms with Gasteiger partial charge in [0.1, 0.15) is 0 Å². The Bertz CT molecular complexity index is 993. The molecule has 0 bridgehead atoms. The van der Waals surface area contributed by atoms with Gasteiger partial charge in [-0.1, -0.05) is 0 Å². The molecule has 2 aliphatic carbocycles. The zero-order chi connectivity index (χ0) is 18.9. The molecule has 0 saturated heterocycles. The number of benzene rings is 2. The van der Waals surface area contributed by atoms with Crippen LogP contribution in [-0.4, -0.2) is 6.94 Å². The van der Waals surface area contributed by atoms with E-state index in [0.29, 0.717) is 7.35 Å². The number of halogens is 2. The Morgan fingerprint density at radius 1 is 0.679 bits per heavy atom. The Balaban J connectivity index is 0.00000140. The molecule has 4 heteroatoms. The summed E-state index contributed by atoms with van der Waals surface area (Å²) in [6.07, 6.45) is 4.97. The predicted molar refractivity (Wildman–Crippen MR) is 130 cm³/mol.